The highest BCUT2D eigenvalue weighted by atomic mass is 16.6. The van der Waals surface area contributed by atoms with Gasteiger partial charge in [0, 0.05) is 19.3 Å². The molecule has 0 aromatic carbocycles. The monoisotopic (exact) mass is 989 g/mol. The first-order valence-corrected chi connectivity index (χ1v) is 31.9. The molecule has 0 rings (SSSR count). The Morgan fingerprint density at radius 1 is 0.271 bits per heavy atom. The lowest BCUT2D eigenvalue weighted by Gasteiger charge is -2.18. The summed E-state index contributed by atoms with van der Waals surface area (Å²) in [5.74, 6) is 0.0312. The molecule has 0 aliphatic rings. The molecule has 0 radical (unpaired) electrons. The zero-order chi connectivity index (χ0) is 50.9. The minimum absolute atomic E-state index is 0.0611. The molecule has 70 heavy (non-hydrogen) atoms. The number of hydrogen-bond acceptors (Lipinski definition) is 6. The van der Waals surface area contributed by atoms with E-state index in [1.54, 1.807) is 0 Å². The van der Waals surface area contributed by atoms with Gasteiger partial charge in [0.25, 0.3) is 0 Å². The maximum absolute atomic E-state index is 12.9. The molecule has 0 heterocycles. The van der Waals surface area contributed by atoms with E-state index in [0.29, 0.717) is 19.3 Å². The van der Waals surface area contributed by atoms with Gasteiger partial charge in [0.15, 0.2) is 6.10 Å². The largest absolute Gasteiger partial charge is 0.462 e. The third-order valence-corrected chi connectivity index (χ3v) is 14.8. The van der Waals surface area contributed by atoms with E-state index in [-0.39, 0.29) is 31.1 Å². The summed E-state index contributed by atoms with van der Waals surface area (Å²) in [6.07, 6.45) is 65.3. The van der Waals surface area contributed by atoms with Crippen LogP contribution in [0.15, 0.2) is 0 Å². The second-order valence-electron chi connectivity index (χ2n) is 22.5. The Balaban J connectivity index is 4.27. The Kier molecular flexibility index (Phi) is 57.0. The highest BCUT2D eigenvalue weighted by Gasteiger charge is 2.19. The van der Waals surface area contributed by atoms with Crippen LogP contribution in [0.1, 0.15) is 368 Å². The van der Waals surface area contributed by atoms with Crippen molar-refractivity contribution in [3.8, 4) is 0 Å². The van der Waals surface area contributed by atoms with Gasteiger partial charge in [-0.3, -0.25) is 14.4 Å². The molecule has 0 bridgehead atoms. The Morgan fingerprint density at radius 3 is 0.700 bits per heavy atom. The van der Waals surface area contributed by atoms with Gasteiger partial charge in [-0.1, -0.05) is 329 Å². The Morgan fingerprint density at radius 2 is 0.471 bits per heavy atom. The van der Waals surface area contributed by atoms with Crippen LogP contribution >= 0.6 is 0 Å². The van der Waals surface area contributed by atoms with Crippen LogP contribution in [0.25, 0.3) is 0 Å². The minimum Gasteiger partial charge on any atom is -0.462 e. The molecule has 0 fully saturated rings. The first kappa shape index (κ1) is 68.4. The highest BCUT2D eigenvalue weighted by molar-refractivity contribution is 5.71. The molecule has 416 valence electrons. The van der Waals surface area contributed by atoms with Gasteiger partial charge in [0.05, 0.1) is 0 Å². The van der Waals surface area contributed by atoms with Gasteiger partial charge in [-0.05, 0) is 25.2 Å². The van der Waals surface area contributed by atoms with Crippen LogP contribution in [0.4, 0.5) is 0 Å². The summed E-state index contributed by atoms with van der Waals surface area (Å²) in [5, 5.41) is 0. The van der Waals surface area contributed by atoms with E-state index in [4.69, 9.17) is 14.2 Å². The van der Waals surface area contributed by atoms with Gasteiger partial charge < -0.3 is 14.2 Å². The SMILES string of the molecule is CCCCCCCCCCCCCCCCCCC(=O)OC[C@H](COC(=O)CCCCCCCCCCCCCCCCC)OC(=O)CCCCCCCCCCCCCCCCCCCCC(C)C. The molecule has 6 heteroatoms. The smallest absolute Gasteiger partial charge is 0.306 e. The number of carbonyl (C=O) groups excluding carboxylic acids is 3. The number of carbonyl (C=O) groups is 3. The molecule has 0 spiro atoms. The molecule has 0 amide bonds. The molecular weight excluding hydrogens is 865 g/mol. The van der Waals surface area contributed by atoms with Crippen molar-refractivity contribution in [1.29, 1.82) is 0 Å². The third kappa shape index (κ3) is 57.3. The first-order chi connectivity index (χ1) is 34.4. The summed E-state index contributed by atoms with van der Waals surface area (Å²) in [7, 11) is 0. The number of esters is 3. The van der Waals surface area contributed by atoms with Crippen molar-refractivity contribution in [3.63, 3.8) is 0 Å². The second kappa shape index (κ2) is 58.3. The fraction of sp³-hybridized carbons (Fsp3) is 0.953. The Hall–Kier alpha value is -1.59. The van der Waals surface area contributed by atoms with Crippen LogP contribution in [0.5, 0.6) is 0 Å². The summed E-state index contributed by atoms with van der Waals surface area (Å²) >= 11 is 0. The highest BCUT2D eigenvalue weighted by Crippen LogP contribution is 2.19. The van der Waals surface area contributed by atoms with E-state index in [0.717, 1.165) is 63.7 Å². The maximum Gasteiger partial charge on any atom is 0.306 e. The number of unbranched alkanes of at least 4 members (excludes halogenated alkanes) is 46. The van der Waals surface area contributed by atoms with Crippen LogP contribution in [0.2, 0.25) is 0 Å². The number of hydrogen-bond donors (Lipinski definition) is 0. The van der Waals surface area contributed by atoms with Crippen molar-refractivity contribution in [2.24, 2.45) is 5.92 Å². The summed E-state index contributed by atoms with van der Waals surface area (Å²) in [6.45, 7) is 9.10. The average Bonchev–Trinajstić information content (AvgIpc) is 3.35. The van der Waals surface area contributed by atoms with Gasteiger partial charge in [0.1, 0.15) is 13.2 Å². The molecular formula is C64H124O6. The molecule has 0 aromatic heterocycles. The van der Waals surface area contributed by atoms with Gasteiger partial charge in [-0.25, -0.2) is 0 Å². The van der Waals surface area contributed by atoms with Crippen molar-refractivity contribution >= 4 is 17.9 Å². The van der Waals surface area contributed by atoms with Gasteiger partial charge in [0.2, 0.25) is 0 Å². The predicted octanol–water partition coefficient (Wildman–Crippen LogP) is 21.4. The first-order valence-electron chi connectivity index (χ1n) is 31.9. The molecule has 0 aliphatic heterocycles. The normalized spacial score (nSPS) is 12.0. The fourth-order valence-electron chi connectivity index (χ4n) is 9.99. The van der Waals surface area contributed by atoms with Crippen LogP contribution < -0.4 is 0 Å². The van der Waals surface area contributed by atoms with E-state index >= 15 is 0 Å². The molecule has 0 saturated heterocycles. The molecule has 1 atom stereocenters. The molecule has 0 aromatic rings. The lowest BCUT2D eigenvalue weighted by atomic mass is 10.0. The average molecular weight is 990 g/mol. The van der Waals surface area contributed by atoms with Crippen molar-refractivity contribution in [3.05, 3.63) is 0 Å². The van der Waals surface area contributed by atoms with E-state index in [9.17, 15) is 14.4 Å². The zero-order valence-corrected chi connectivity index (χ0v) is 48.0. The Bertz CT molecular complexity index is 1060. The predicted molar refractivity (Wildman–Crippen MR) is 303 cm³/mol. The van der Waals surface area contributed by atoms with Crippen molar-refractivity contribution in [2.45, 2.75) is 374 Å². The maximum atomic E-state index is 12.9. The van der Waals surface area contributed by atoms with E-state index in [2.05, 4.69) is 27.7 Å². The summed E-state index contributed by atoms with van der Waals surface area (Å²) in [6, 6.07) is 0. The lowest BCUT2D eigenvalue weighted by molar-refractivity contribution is -0.167. The second-order valence-corrected chi connectivity index (χ2v) is 22.5. The van der Waals surface area contributed by atoms with Crippen LogP contribution in [-0.2, 0) is 28.6 Å². The van der Waals surface area contributed by atoms with Crippen LogP contribution in [0.3, 0.4) is 0 Å². The van der Waals surface area contributed by atoms with Gasteiger partial charge in [-0.2, -0.15) is 0 Å². The number of rotatable bonds is 59. The lowest BCUT2D eigenvalue weighted by Crippen LogP contribution is -2.30. The van der Waals surface area contributed by atoms with Gasteiger partial charge in [-0.15, -0.1) is 0 Å². The Labute approximate surface area is 438 Å². The topological polar surface area (TPSA) is 78.9 Å². The van der Waals surface area contributed by atoms with E-state index in [1.165, 1.54) is 263 Å². The summed E-state index contributed by atoms with van der Waals surface area (Å²) in [5.41, 5.74) is 0. The molecule has 0 aliphatic carbocycles. The third-order valence-electron chi connectivity index (χ3n) is 14.8. The van der Waals surface area contributed by atoms with E-state index in [1.807, 2.05) is 0 Å². The molecule has 6 nitrogen and oxygen atoms in total. The quantitative estimate of drug-likeness (QED) is 0.0343. The van der Waals surface area contributed by atoms with Crippen LogP contribution in [0, 0.1) is 5.92 Å². The zero-order valence-electron chi connectivity index (χ0n) is 48.0. The van der Waals surface area contributed by atoms with Crippen molar-refractivity contribution in [1.82, 2.24) is 0 Å². The molecule has 0 unspecified atom stereocenters. The van der Waals surface area contributed by atoms with Crippen molar-refractivity contribution < 1.29 is 28.6 Å². The summed E-state index contributed by atoms with van der Waals surface area (Å²) < 4.78 is 17.0. The van der Waals surface area contributed by atoms with Gasteiger partial charge >= 0.3 is 17.9 Å². The standard InChI is InChI=1S/C64H124O6/c1-5-7-9-11-13-15-17-19-21-28-32-36-40-44-48-52-56-63(66)69-59-61(58-68-62(65)55-51-47-43-39-35-31-26-20-18-16-14-12-10-8-6-2)70-64(67)57-53-49-45-41-37-33-29-25-23-22-24-27-30-34-38-42-46-50-54-60(3)4/h60-61H,5-59H2,1-4H3/t61-/m0/s1. The number of ether oxygens (including phenoxy) is 3. The molecule has 0 saturated carbocycles. The molecule has 0 N–H and O–H groups in total. The van der Waals surface area contributed by atoms with Crippen LogP contribution in [-0.4, -0.2) is 37.2 Å². The van der Waals surface area contributed by atoms with E-state index < -0.39 is 6.10 Å². The summed E-state index contributed by atoms with van der Waals surface area (Å²) in [4.78, 5) is 38.3. The minimum atomic E-state index is -0.762. The fourth-order valence-corrected chi connectivity index (χ4v) is 9.99. The van der Waals surface area contributed by atoms with Crippen molar-refractivity contribution in [2.75, 3.05) is 13.2 Å².